The Morgan fingerprint density at radius 3 is 3.06 bits per heavy atom. The van der Waals surface area contributed by atoms with Crippen LogP contribution in [-0.2, 0) is 11.2 Å². The van der Waals surface area contributed by atoms with Crippen LogP contribution in [0.4, 0.5) is 0 Å². The number of carbonyl (C=O) groups is 1. The molecule has 18 heavy (non-hydrogen) atoms. The number of carbonyl (C=O) groups excluding carboxylic acids is 1. The molecule has 94 valence electrons. The summed E-state index contributed by atoms with van der Waals surface area (Å²) in [4.78, 5) is 20.2. The number of Topliss-reactive ketones (excluding diaryl/α,β-unsaturated/α-hetero) is 1. The maximum Gasteiger partial charge on any atom is 0.238 e. The summed E-state index contributed by atoms with van der Waals surface area (Å²) in [6.45, 7) is 1.95. The quantitative estimate of drug-likeness (QED) is 0.855. The van der Waals surface area contributed by atoms with Gasteiger partial charge in [0.25, 0.3) is 0 Å². The summed E-state index contributed by atoms with van der Waals surface area (Å²) in [5.41, 5.74) is 1.00. The molecule has 0 radical (unpaired) electrons. The Morgan fingerprint density at radius 1 is 1.50 bits per heavy atom. The van der Waals surface area contributed by atoms with Gasteiger partial charge in [0, 0.05) is 16.8 Å². The van der Waals surface area contributed by atoms with Gasteiger partial charge in [0.1, 0.15) is 10.9 Å². The van der Waals surface area contributed by atoms with Crippen LogP contribution in [0.25, 0.3) is 0 Å². The molecule has 2 aromatic heterocycles. The summed E-state index contributed by atoms with van der Waals surface area (Å²) in [5, 5.41) is 6.88. The van der Waals surface area contributed by atoms with Gasteiger partial charge >= 0.3 is 0 Å². The first-order valence-corrected chi connectivity index (χ1v) is 7.60. The molecule has 0 spiro atoms. The number of nitrogens with zero attached hydrogens (tertiary/aromatic N) is 3. The molecule has 3 rings (SSSR count). The number of thiazole rings is 1. The molecule has 7 heteroatoms. The van der Waals surface area contributed by atoms with Crippen molar-refractivity contribution in [3.05, 3.63) is 27.8 Å². The molecule has 1 fully saturated rings. The highest BCUT2D eigenvalue weighted by molar-refractivity contribution is 8.00. The van der Waals surface area contributed by atoms with E-state index in [2.05, 4.69) is 15.1 Å². The summed E-state index contributed by atoms with van der Waals surface area (Å²) >= 11 is 3.20. The topological polar surface area (TPSA) is 68.9 Å². The number of hydrogen-bond donors (Lipinski definition) is 0. The van der Waals surface area contributed by atoms with Crippen molar-refractivity contribution >= 4 is 28.9 Å². The molecule has 0 aromatic carbocycles. The predicted octanol–water partition coefficient (Wildman–Crippen LogP) is 1.82. The van der Waals surface area contributed by atoms with Gasteiger partial charge in [-0.2, -0.15) is 16.7 Å². The van der Waals surface area contributed by atoms with Gasteiger partial charge in [-0.25, -0.2) is 4.98 Å². The zero-order valence-corrected chi connectivity index (χ0v) is 11.4. The number of hydrogen-bond acceptors (Lipinski definition) is 7. The van der Waals surface area contributed by atoms with Crippen molar-refractivity contribution in [3.8, 4) is 0 Å². The number of thioether (sulfide) groups is 1. The van der Waals surface area contributed by atoms with Crippen molar-refractivity contribution in [1.82, 2.24) is 15.1 Å². The lowest BCUT2D eigenvalue weighted by Crippen LogP contribution is -2.09. The van der Waals surface area contributed by atoms with Crippen molar-refractivity contribution in [3.63, 3.8) is 0 Å². The van der Waals surface area contributed by atoms with Crippen LogP contribution in [0, 0.1) is 6.92 Å². The van der Waals surface area contributed by atoms with Gasteiger partial charge in [-0.3, -0.25) is 4.79 Å². The fourth-order valence-corrected chi connectivity index (χ4v) is 3.63. The molecule has 0 amide bonds. The van der Waals surface area contributed by atoms with Crippen LogP contribution in [0.5, 0.6) is 0 Å². The summed E-state index contributed by atoms with van der Waals surface area (Å²) < 4.78 is 5.18. The Morgan fingerprint density at radius 2 is 2.39 bits per heavy atom. The van der Waals surface area contributed by atoms with E-state index in [1.807, 2.05) is 12.3 Å². The van der Waals surface area contributed by atoms with Crippen molar-refractivity contribution in [2.45, 2.75) is 19.3 Å². The number of rotatable bonds is 3. The lowest BCUT2D eigenvalue weighted by Gasteiger charge is -1.97. The van der Waals surface area contributed by atoms with Crippen molar-refractivity contribution in [2.75, 3.05) is 11.5 Å². The Labute approximate surface area is 112 Å². The Kier molecular flexibility index (Phi) is 3.17. The van der Waals surface area contributed by atoms with Gasteiger partial charge in [-0.05, 0) is 6.92 Å². The lowest BCUT2D eigenvalue weighted by molar-refractivity contribution is -0.117. The fraction of sp³-hybridized carbons (Fsp3) is 0.455. The maximum atomic E-state index is 11.6. The van der Waals surface area contributed by atoms with Gasteiger partial charge in [0.15, 0.2) is 11.6 Å². The van der Waals surface area contributed by atoms with Crippen LogP contribution in [0.1, 0.15) is 28.3 Å². The monoisotopic (exact) mass is 281 g/mol. The smallest absolute Gasteiger partial charge is 0.238 e. The minimum Gasteiger partial charge on any atom is -0.339 e. The molecule has 5 nitrogen and oxygen atoms in total. The first-order chi connectivity index (χ1) is 8.72. The molecule has 1 unspecified atom stereocenters. The number of ketones is 1. The molecule has 1 aliphatic rings. The van der Waals surface area contributed by atoms with E-state index in [0.29, 0.717) is 23.9 Å². The molecular weight excluding hydrogens is 270 g/mol. The molecule has 0 N–H and O–H groups in total. The number of aromatic nitrogens is 3. The van der Waals surface area contributed by atoms with E-state index in [1.54, 1.807) is 23.1 Å². The van der Waals surface area contributed by atoms with Gasteiger partial charge in [-0.15, -0.1) is 11.3 Å². The zero-order chi connectivity index (χ0) is 12.5. The Balaban J connectivity index is 1.75. The van der Waals surface area contributed by atoms with Crippen molar-refractivity contribution in [1.29, 1.82) is 0 Å². The van der Waals surface area contributed by atoms with E-state index in [0.717, 1.165) is 16.5 Å². The Bertz CT molecular complexity index is 578. The third-order valence-corrected chi connectivity index (χ3v) is 4.70. The lowest BCUT2D eigenvalue weighted by atomic mass is 10.1. The summed E-state index contributed by atoms with van der Waals surface area (Å²) in [5.74, 6) is 2.32. The van der Waals surface area contributed by atoms with E-state index < -0.39 is 0 Å². The molecule has 1 aliphatic heterocycles. The maximum absolute atomic E-state index is 11.6. The molecule has 1 saturated heterocycles. The van der Waals surface area contributed by atoms with Gasteiger partial charge in [0.05, 0.1) is 12.2 Å². The van der Waals surface area contributed by atoms with Crippen molar-refractivity contribution < 1.29 is 9.32 Å². The van der Waals surface area contributed by atoms with E-state index in [1.165, 1.54) is 0 Å². The molecule has 0 saturated carbocycles. The summed E-state index contributed by atoms with van der Waals surface area (Å²) in [7, 11) is 0. The second kappa shape index (κ2) is 4.81. The van der Waals surface area contributed by atoms with Crippen LogP contribution in [0.3, 0.4) is 0 Å². The van der Waals surface area contributed by atoms with Crippen molar-refractivity contribution in [2.24, 2.45) is 0 Å². The van der Waals surface area contributed by atoms with Gasteiger partial charge in [-0.1, -0.05) is 5.16 Å². The van der Waals surface area contributed by atoms with Crippen LogP contribution >= 0.6 is 23.1 Å². The first-order valence-electron chi connectivity index (χ1n) is 5.56. The molecule has 1 atom stereocenters. The standard InChI is InChI=1S/C11H11N3O2S2/c1-6-3-18-10(12-6)2-9-13-11(16-14-9)7-4-17-5-8(7)15/h3,7H,2,4-5H2,1H3. The zero-order valence-electron chi connectivity index (χ0n) is 9.75. The van der Waals surface area contributed by atoms with Gasteiger partial charge in [0.2, 0.25) is 5.89 Å². The average Bonchev–Trinajstić information content (AvgIpc) is 3.02. The average molecular weight is 281 g/mol. The number of aryl methyl sites for hydroxylation is 1. The van der Waals surface area contributed by atoms with E-state index in [4.69, 9.17) is 4.52 Å². The van der Waals surface area contributed by atoms with Crippen LogP contribution < -0.4 is 0 Å². The minimum atomic E-state index is -0.214. The van der Waals surface area contributed by atoms with E-state index in [9.17, 15) is 4.79 Å². The SMILES string of the molecule is Cc1csc(Cc2noc(C3CSCC3=O)n2)n1. The molecule has 0 aliphatic carbocycles. The summed E-state index contributed by atoms with van der Waals surface area (Å²) in [6, 6.07) is 0. The third-order valence-electron chi connectivity index (χ3n) is 2.68. The normalized spacial score (nSPS) is 19.6. The third kappa shape index (κ3) is 2.32. The minimum absolute atomic E-state index is 0.181. The summed E-state index contributed by atoms with van der Waals surface area (Å²) in [6.07, 6.45) is 0.566. The second-order valence-electron chi connectivity index (χ2n) is 4.14. The first kappa shape index (κ1) is 11.9. The highest BCUT2D eigenvalue weighted by Crippen LogP contribution is 2.28. The Hall–Kier alpha value is -1.21. The highest BCUT2D eigenvalue weighted by Gasteiger charge is 2.31. The largest absolute Gasteiger partial charge is 0.339 e. The van der Waals surface area contributed by atoms with E-state index in [-0.39, 0.29) is 11.7 Å². The molecule has 3 heterocycles. The van der Waals surface area contributed by atoms with E-state index >= 15 is 0 Å². The van der Waals surface area contributed by atoms with Crippen LogP contribution in [0.2, 0.25) is 0 Å². The highest BCUT2D eigenvalue weighted by atomic mass is 32.2. The second-order valence-corrected chi connectivity index (χ2v) is 6.12. The molecule has 0 bridgehead atoms. The molecular formula is C11H11N3O2S2. The molecule has 2 aromatic rings. The van der Waals surface area contributed by atoms with Gasteiger partial charge < -0.3 is 4.52 Å². The van der Waals surface area contributed by atoms with Crippen LogP contribution in [-0.4, -0.2) is 32.4 Å². The predicted molar refractivity (Wildman–Crippen MR) is 69.0 cm³/mol. The fourth-order valence-electron chi connectivity index (χ4n) is 1.78. The van der Waals surface area contributed by atoms with Crippen LogP contribution in [0.15, 0.2) is 9.90 Å².